The van der Waals surface area contributed by atoms with E-state index in [1.807, 2.05) is 4.90 Å². The predicted molar refractivity (Wildman–Crippen MR) is 126 cm³/mol. The van der Waals surface area contributed by atoms with Crippen LogP contribution in [0.1, 0.15) is 17.7 Å². The second-order valence-electron chi connectivity index (χ2n) is 7.90. The lowest BCUT2D eigenvalue weighted by atomic mass is 10.0. The van der Waals surface area contributed by atoms with Crippen molar-refractivity contribution in [2.45, 2.75) is 13.2 Å². The first-order chi connectivity index (χ1) is 16.0. The summed E-state index contributed by atoms with van der Waals surface area (Å²) in [5.74, 6) is 1.44. The Balaban J connectivity index is 1.93. The van der Waals surface area contributed by atoms with Gasteiger partial charge >= 0.3 is 0 Å². The van der Waals surface area contributed by atoms with Crippen molar-refractivity contribution >= 4 is 27.7 Å². The number of hydrogen-bond donors (Lipinski definition) is 0. The molecule has 1 aliphatic heterocycles. The molecule has 1 fully saturated rings. The monoisotopic (exact) mass is 474 g/mol. The Morgan fingerprint density at radius 3 is 2.73 bits per heavy atom. The summed E-state index contributed by atoms with van der Waals surface area (Å²) in [4.78, 5) is 10.9. The molecular weight excluding hydrogens is 448 g/mol. The summed E-state index contributed by atoms with van der Waals surface area (Å²) >= 11 is 0. The highest BCUT2D eigenvalue weighted by Crippen LogP contribution is 2.43. The molecule has 0 amide bonds. The molecule has 3 aromatic rings. The molecule has 0 atom stereocenters. The number of nitrogens with zero attached hydrogens (tertiary/aromatic N) is 5. The molecule has 4 rings (SSSR count). The van der Waals surface area contributed by atoms with E-state index >= 15 is 0 Å². The maximum absolute atomic E-state index is 14.6. The second kappa shape index (κ2) is 10.5. The van der Waals surface area contributed by atoms with Gasteiger partial charge in [0.2, 0.25) is 0 Å². The number of nitriles is 1. The van der Waals surface area contributed by atoms with Crippen LogP contribution in [0.25, 0.3) is 22.2 Å². The Labute approximate surface area is 194 Å². The van der Waals surface area contributed by atoms with Crippen LogP contribution in [0.5, 0.6) is 0 Å². The molecule has 1 saturated heterocycles. The van der Waals surface area contributed by atoms with Crippen molar-refractivity contribution in [3.63, 3.8) is 0 Å². The molecule has 0 saturated carbocycles. The van der Waals surface area contributed by atoms with Crippen LogP contribution < -0.4 is 4.90 Å². The summed E-state index contributed by atoms with van der Waals surface area (Å²) in [5.41, 5.74) is 1.48. The van der Waals surface area contributed by atoms with Crippen LogP contribution in [0.4, 0.5) is 14.6 Å². The summed E-state index contributed by atoms with van der Waals surface area (Å²) < 4.78 is 41.9. The number of aromatic nitrogens is 3. The van der Waals surface area contributed by atoms with Crippen molar-refractivity contribution in [2.24, 2.45) is 0 Å². The zero-order valence-corrected chi connectivity index (χ0v) is 19.4. The number of ether oxygens (including phenoxy) is 2. The van der Waals surface area contributed by atoms with Crippen molar-refractivity contribution in [1.82, 2.24) is 14.5 Å². The highest BCUT2D eigenvalue weighted by atomic mass is 32.2. The number of hydrogen-bond acceptors (Lipinski definition) is 6. The third kappa shape index (κ3) is 4.95. The number of halogens is 2. The van der Waals surface area contributed by atoms with Crippen LogP contribution >= 0.6 is 0 Å². The summed E-state index contributed by atoms with van der Waals surface area (Å²) in [7, 11) is 0.193. The van der Waals surface area contributed by atoms with Gasteiger partial charge in [-0.15, -0.1) is 0 Å². The molecule has 1 aliphatic rings. The van der Waals surface area contributed by atoms with Gasteiger partial charge in [-0.05, 0) is 28.6 Å². The molecule has 0 radical (unpaired) electrons. The Morgan fingerprint density at radius 1 is 1.24 bits per heavy atom. The molecule has 0 bridgehead atoms. The summed E-state index contributed by atoms with van der Waals surface area (Å²) in [5, 5.41) is 9.92. The number of benzene rings is 1. The quantitative estimate of drug-likeness (QED) is 0.367. The van der Waals surface area contributed by atoms with E-state index in [-0.39, 0.29) is 23.3 Å². The first kappa shape index (κ1) is 23.4. The van der Waals surface area contributed by atoms with Gasteiger partial charge in [-0.25, -0.2) is 18.7 Å². The van der Waals surface area contributed by atoms with Crippen LogP contribution in [0, 0.1) is 11.3 Å². The average Bonchev–Trinajstić information content (AvgIpc) is 3.17. The fourth-order valence-corrected chi connectivity index (χ4v) is 4.41. The third-order valence-electron chi connectivity index (χ3n) is 5.51. The van der Waals surface area contributed by atoms with Crippen molar-refractivity contribution in [3.8, 4) is 17.2 Å². The van der Waals surface area contributed by atoms with E-state index in [1.165, 1.54) is 10.9 Å². The van der Waals surface area contributed by atoms with Gasteiger partial charge in [-0.2, -0.15) is 5.26 Å². The minimum absolute atomic E-state index is 0.0368. The summed E-state index contributed by atoms with van der Waals surface area (Å²) in [6, 6.07) is 8.81. The fourth-order valence-electron chi connectivity index (χ4n) is 3.96. The van der Waals surface area contributed by atoms with Gasteiger partial charge < -0.3 is 14.4 Å². The molecule has 0 unspecified atom stereocenters. The van der Waals surface area contributed by atoms with E-state index in [0.29, 0.717) is 66.5 Å². The number of rotatable bonds is 8. The summed E-state index contributed by atoms with van der Waals surface area (Å²) in [6.07, 6.45) is 2.86. The molecule has 3 heterocycles. The van der Waals surface area contributed by atoms with Gasteiger partial charge in [0.15, 0.2) is 0 Å². The van der Waals surface area contributed by atoms with Crippen LogP contribution in [0.3, 0.4) is 0 Å². The van der Waals surface area contributed by atoms with E-state index in [4.69, 9.17) is 9.47 Å². The lowest BCUT2D eigenvalue weighted by Gasteiger charge is -2.28. The normalized spacial score (nSPS) is 14.4. The molecule has 174 valence electrons. The van der Waals surface area contributed by atoms with E-state index < -0.39 is 6.43 Å². The van der Waals surface area contributed by atoms with Gasteiger partial charge in [0.1, 0.15) is 30.3 Å². The Bertz CT molecular complexity index is 1160. The third-order valence-corrected chi connectivity index (χ3v) is 6.50. The van der Waals surface area contributed by atoms with Crippen LogP contribution in [0.2, 0.25) is 0 Å². The Hall–Kier alpha value is -2.74. The maximum Gasteiger partial charge on any atom is 0.279 e. The largest absolute Gasteiger partial charge is 0.378 e. The Morgan fingerprint density at radius 2 is 2.03 bits per heavy atom. The van der Waals surface area contributed by atoms with Crippen molar-refractivity contribution < 1.29 is 18.3 Å². The highest BCUT2D eigenvalue weighted by molar-refractivity contribution is 7.95. The molecule has 1 aromatic carbocycles. The van der Waals surface area contributed by atoms with Crippen LogP contribution in [-0.2, 0) is 27.1 Å². The maximum atomic E-state index is 14.6. The van der Waals surface area contributed by atoms with Crippen molar-refractivity contribution in [2.75, 3.05) is 56.1 Å². The van der Waals surface area contributed by atoms with Gasteiger partial charge in [-0.3, -0.25) is 4.57 Å². The van der Waals surface area contributed by atoms with E-state index in [1.54, 1.807) is 24.3 Å². The standard InChI is InChI=1S/C23H26F2N5O2S/c1-33(2)11-10-32-15-30-20(21(24)25)18(17-5-3-4-16(12-17)13-26)19-22(27-14-28-23(19)30)29-6-8-31-9-7-29/h3-5,12,14,21H,6-11,15H2,1-2H3/q+1. The van der Waals surface area contributed by atoms with Gasteiger partial charge in [-0.1, -0.05) is 12.1 Å². The van der Waals surface area contributed by atoms with E-state index in [2.05, 4.69) is 28.5 Å². The molecule has 0 N–H and O–H groups in total. The minimum Gasteiger partial charge on any atom is -0.378 e. The molecular formula is C23H26F2N5O2S+. The van der Waals surface area contributed by atoms with Crippen LogP contribution in [-0.4, -0.2) is 65.7 Å². The molecule has 33 heavy (non-hydrogen) atoms. The van der Waals surface area contributed by atoms with Gasteiger partial charge in [0.25, 0.3) is 6.43 Å². The molecule has 0 aliphatic carbocycles. The fraction of sp³-hybridized carbons (Fsp3) is 0.435. The first-order valence-corrected chi connectivity index (χ1v) is 12.8. The summed E-state index contributed by atoms with van der Waals surface area (Å²) in [6.45, 7) is 2.71. The molecule has 7 nitrogen and oxygen atoms in total. The zero-order chi connectivity index (χ0) is 23.4. The number of anilines is 1. The first-order valence-electron chi connectivity index (χ1n) is 10.6. The second-order valence-corrected chi connectivity index (χ2v) is 10.3. The zero-order valence-electron chi connectivity index (χ0n) is 18.6. The number of morpholine rings is 1. The van der Waals surface area contributed by atoms with Crippen LogP contribution in [0.15, 0.2) is 30.6 Å². The lowest BCUT2D eigenvalue weighted by Crippen LogP contribution is -2.36. The number of alkyl halides is 2. The van der Waals surface area contributed by atoms with Gasteiger partial charge in [0.05, 0.1) is 55.0 Å². The highest BCUT2D eigenvalue weighted by Gasteiger charge is 2.30. The molecule has 10 heteroatoms. The molecule has 2 aromatic heterocycles. The predicted octanol–water partition coefficient (Wildman–Crippen LogP) is 3.60. The average molecular weight is 475 g/mol. The van der Waals surface area contributed by atoms with Crippen molar-refractivity contribution in [3.05, 3.63) is 41.9 Å². The Kier molecular flexibility index (Phi) is 7.42. The van der Waals surface area contributed by atoms with Crippen molar-refractivity contribution in [1.29, 1.82) is 5.26 Å². The number of fused-ring (bicyclic) bond motifs is 1. The minimum atomic E-state index is -2.77. The van der Waals surface area contributed by atoms with E-state index in [0.717, 1.165) is 5.75 Å². The topological polar surface area (TPSA) is 76.2 Å². The van der Waals surface area contributed by atoms with E-state index in [9.17, 15) is 14.0 Å². The van der Waals surface area contributed by atoms with Gasteiger partial charge in [0, 0.05) is 18.7 Å². The SMILES string of the molecule is C[S+](C)CCOCn1c(C(F)F)c(-c2cccc(C#N)c2)c2c(N3CCOCC3)ncnc21. The smallest absolute Gasteiger partial charge is 0.279 e. The lowest BCUT2D eigenvalue weighted by molar-refractivity contribution is 0.0759. The molecule has 0 spiro atoms.